The molecule has 1 aliphatic rings. The third kappa shape index (κ3) is 4.74. The number of unbranched alkanes of at least 4 members (excludes halogenated alkanes) is 1. The summed E-state index contributed by atoms with van der Waals surface area (Å²) in [6.45, 7) is 2.70. The number of esters is 1. The fraction of sp³-hybridized carbons (Fsp3) is 0.304. The summed E-state index contributed by atoms with van der Waals surface area (Å²) in [6, 6.07) is 13.4. The smallest absolute Gasteiger partial charge is 0.338 e. The molecule has 0 bridgehead atoms. The van der Waals surface area contributed by atoms with Crippen molar-refractivity contribution in [1.29, 1.82) is 0 Å². The Kier molecular flexibility index (Phi) is 6.95. The van der Waals surface area contributed by atoms with Gasteiger partial charge in [-0.2, -0.15) is 0 Å². The summed E-state index contributed by atoms with van der Waals surface area (Å²) < 4.78 is 16.0. The molecule has 1 unspecified atom stereocenters. The van der Waals surface area contributed by atoms with Crippen LogP contribution in [0.3, 0.4) is 0 Å². The van der Waals surface area contributed by atoms with E-state index in [9.17, 15) is 9.59 Å². The van der Waals surface area contributed by atoms with Crippen LogP contribution in [-0.4, -0.2) is 32.8 Å². The number of carbonyl (C=O) groups is 2. The minimum atomic E-state index is -0.682. The van der Waals surface area contributed by atoms with Gasteiger partial charge in [0, 0.05) is 0 Å². The fourth-order valence-electron chi connectivity index (χ4n) is 3.25. The fourth-order valence-corrected chi connectivity index (χ4v) is 3.25. The van der Waals surface area contributed by atoms with Crippen LogP contribution in [0.2, 0.25) is 0 Å². The van der Waals surface area contributed by atoms with Gasteiger partial charge in [0.15, 0.2) is 0 Å². The lowest BCUT2D eigenvalue weighted by Crippen LogP contribution is -2.45. The maximum Gasteiger partial charge on any atom is 0.338 e. The molecule has 0 aromatic heterocycles. The molecule has 2 aromatic rings. The van der Waals surface area contributed by atoms with Gasteiger partial charge in [-0.3, -0.25) is 0 Å². The maximum absolute atomic E-state index is 12.7. The number of ether oxygens (including phenoxy) is 3. The van der Waals surface area contributed by atoms with Crippen LogP contribution in [0.1, 0.15) is 36.9 Å². The highest BCUT2D eigenvalue weighted by Crippen LogP contribution is 2.33. The lowest BCUT2D eigenvalue weighted by atomic mass is 9.92. The number of urea groups is 1. The van der Waals surface area contributed by atoms with E-state index in [4.69, 9.17) is 14.2 Å². The zero-order chi connectivity index (χ0) is 21.5. The number of benzene rings is 2. The molecule has 1 heterocycles. The molecule has 2 N–H and O–H groups in total. The molecule has 3 rings (SSSR count). The van der Waals surface area contributed by atoms with Crippen molar-refractivity contribution in [3.8, 4) is 11.5 Å². The average molecular weight is 410 g/mol. The molecule has 0 saturated heterocycles. The van der Waals surface area contributed by atoms with Gasteiger partial charge in [-0.05, 0) is 53.9 Å². The molecule has 7 heteroatoms. The van der Waals surface area contributed by atoms with E-state index in [-0.39, 0.29) is 0 Å². The predicted molar refractivity (Wildman–Crippen MR) is 113 cm³/mol. The Balaban J connectivity index is 2.04. The van der Waals surface area contributed by atoms with Crippen molar-refractivity contribution in [1.82, 2.24) is 10.6 Å². The van der Waals surface area contributed by atoms with Crippen LogP contribution in [0.4, 0.5) is 4.79 Å². The first-order chi connectivity index (χ1) is 14.6. The molecule has 1 aliphatic heterocycles. The third-order valence-corrected chi connectivity index (χ3v) is 4.81. The Morgan fingerprint density at radius 1 is 1.07 bits per heavy atom. The van der Waals surface area contributed by atoms with Gasteiger partial charge in [0.05, 0.1) is 38.1 Å². The molecule has 0 fully saturated rings. The molecule has 2 amide bonds. The second-order valence-corrected chi connectivity index (χ2v) is 6.81. The van der Waals surface area contributed by atoms with Crippen LogP contribution in [-0.2, 0) is 9.53 Å². The summed E-state index contributed by atoms with van der Waals surface area (Å²) in [7, 11) is 2.89. The number of hydrogen-bond acceptors (Lipinski definition) is 5. The Morgan fingerprint density at radius 2 is 1.83 bits per heavy atom. The maximum atomic E-state index is 12.7. The van der Waals surface area contributed by atoms with E-state index in [2.05, 4.69) is 17.6 Å². The number of nitrogens with one attached hydrogen (secondary N) is 2. The largest absolute Gasteiger partial charge is 0.497 e. The van der Waals surface area contributed by atoms with E-state index in [1.807, 2.05) is 24.3 Å². The lowest BCUT2D eigenvalue weighted by Gasteiger charge is -2.29. The monoisotopic (exact) mass is 410 g/mol. The number of carbonyl (C=O) groups excluding carboxylic acids is 2. The summed E-state index contributed by atoms with van der Waals surface area (Å²) in [4.78, 5) is 25.2. The van der Waals surface area contributed by atoms with Gasteiger partial charge in [0.1, 0.15) is 11.5 Å². The first-order valence-electron chi connectivity index (χ1n) is 9.84. The summed E-state index contributed by atoms with van der Waals surface area (Å²) in [5.74, 6) is 0.826. The highest BCUT2D eigenvalue weighted by Gasteiger charge is 2.34. The summed E-state index contributed by atoms with van der Waals surface area (Å²) in [5, 5.41) is 5.57. The molecular formula is C23H26N2O5. The molecule has 0 radical (unpaired) electrons. The molecular weight excluding hydrogens is 384 g/mol. The number of amides is 2. The van der Waals surface area contributed by atoms with E-state index < -0.39 is 18.0 Å². The number of hydrogen-bond donors (Lipinski definition) is 2. The van der Waals surface area contributed by atoms with E-state index in [1.165, 1.54) is 7.11 Å². The predicted octanol–water partition coefficient (Wildman–Crippen LogP) is 3.81. The first kappa shape index (κ1) is 21.2. The summed E-state index contributed by atoms with van der Waals surface area (Å²) >= 11 is 0. The second-order valence-electron chi connectivity index (χ2n) is 6.81. The van der Waals surface area contributed by atoms with Crippen molar-refractivity contribution < 1.29 is 23.8 Å². The van der Waals surface area contributed by atoms with Gasteiger partial charge in [-0.1, -0.05) is 25.5 Å². The minimum Gasteiger partial charge on any atom is -0.497 e. The van der Waals surface area contributed by atoms with Crippen molar-refractivity contribution in [2.45, 2.75) is 25.8 Å². The average Bonchev–Trinajstić information content (AvgIpc) is 2.78. The Labute approximate surface area is 176 Å². The van der Waals surface area contributed by atoms with Crippen LogP contribution in [0, 0.1) is 0 Å². The van der Waals surface area contributed by atoms with Crippen molar-refractivity contribution in [2.24, 2.45) is 0 Å². The Morgan fingerprint density at radius 3 is 2.50 bits per heavy atom. The van der Waals surface area contributed by atoms with E-state index >= 15 is 0 Å². The molecule has 0 saturated carbocycles. The SMILES string of the molecule is CCCCOc1cccc(C2NC(=O)NC(c3ccc(OC)cc3)=C2C(=O)OC)c1. The zero-order valence-corrected chi connectivity index (χ0v) is 17.4. The van der Waals surface area contributed by atoms with Gasteiger partial charge >= 0.3 is 12.0 Å². The zero-order valence-electron chi connectivity index (χ0n) is 17.4. The van der Waals surface area contributed by atoms with Gasteiger partial charge in [-0.15, -0.1) is 0 Å². The van der Waals surface area contributed by atoms with Crippen LogP contribution in [0.25, 0.3) is 5.70 Å². The Hall–Kier alpha value is -3.48. The van der Waals surface area contributed by atoms with Crippen LogP contribution in [0.5, 0.6) is 11.5 Å². The van der Waals surface area contributed by atoms with Gasteiger partial charge in [-0.25, -0.2) is 9.59 Å². The molecule has 0 aliphatic carbocycles. The van der Waals surface area contributed by atoms with E-state index in [0.29, 0.717) is 34.9 Å². The van der Waals surface area contributed by atoms with Crippen LogP contribution in [0.15, 0.2) is 54.1 Å². The molecule has 1 atom stereocenters. The van der Waals surface area contributed by atoms with Gasteiger partial charge < -0.3 is 24.8 Å². The van der Waals surface area contributed by atoms with Crippen molar-refractivity contribution in [3.63, 3.8) is 0 Å². The highest BCUT2D eigenvalue weighted by atomic mass is 16.5. The van der Waals surface area contributed by atoms with Crippen LogP contribution < -0.4 is 20.1 Å². The summed E-state index contributed by atoms with van der Waals surface area (Å²) in [5.41, 5.74) is 2.11. The van der Waals surface area contributed by atoms with E-state index in [1.54, 1.807) is 31.4 Å². The molecule has 7 nitrogen and oxygen atoms in total. The third-order valence-electron chi connectivity index (χ3n) is 4.81. The van der Waals surface area contributed by atoms with E-state index in [0.717, 1.165) is 18.4 Å². The normalized spacial score (nSPS) is 15.8. The first-order valence-corrected chi connectivity index (χ1v) is 9.84. The molecule has 158 valence electrons. The number of rotatable bonds is 8. The van der Waals surface area contributed by atoms with Crippen LogP contribution >= 0.6 is 0 Å². The number of methoxy groups -OCH3 is 2. The standard InChI is InChI=1S/C23H26N2O5/c1-4-5-13-30-18-8-6-7-16(14-18)21-19(22(26)29-3)20(24-23(27)25-21)15-9-11-17(28-2)12-10-15/h6-12,14,21H,4-5,13H2,1-3H3,(H2,24,25,27). The highest BCUT2D eigenvalue weighted by molar-refractivity contribution is 6.04. The molecule has 0 spiro atoms. The molecule has 2 aromatic carbocycles. The van der Waals surface area contributed by atoms with Gasteiger partial charge in [0.2, 0.25) is 0 Å². The minimum absolute atomic E-state index is 0.313. The second kappa shape index (κ2) is 9.82. The summed E-state index contributed by atoms with van der Waals surface area (Å²) in [6.07, 6.45) is 1.98. The Bertz CT molecular complexity index is 937. The van der Waals surface area contributed by atoms with Crippen molar-refractivity contribution >= 4 is 17.7 Å². The quantitative estimate of drug-likeness (QED) is 0.511. The van der Waals surface area contributed by atoms with Crippen molar-refractivity contribution in [3.05, 3.63) is 65.2 Å². The lowest BCUT2D eigenvalue weighted by molar-refractivity contribution is -0.136. The van der Waals surface area contributed by atoms with Gasteiger partial charge in [0.25, 0.3) is 0 Å². The topological polar surface area (TPSA) is 85.9 Å². The van der Waals surface area contributed by atoms with Crippen molar-refractivity contribution in [2.75, 3.05) is 20.8 Å². The molecule has 30 heavy (non-hydrogen) atoms.